The fourth-order valence-corrected chi connectivity index (χ4v) is 3.42. The van der Waals surface area contributed by atoms with Crippen molar-refractivity contribution < 1.29 is 27.4 Å². The van der Waals surface area contributed by atoms with E-state index in [-0.39, 0.29) is 17.4 Å². The van der Waals surface area contributed by atoms with E-state index in [0.717, 1.165) is 0 Å². The van der Waals surface area contributed by atoms with Crippen LogP contribution >= 0.6 is 0 Å². The Kier molecular flexibility index (Phi) is 4.41. The van der Waals surface area contributed by atoms with Gasteiger partial charge in [-0.05, 0) is 30.3 Å². The minimum absolute atomic E-state index is 0.00756. The van der Waals surface area contributed by atoms with Gasteiger partial charge in [-0.3, -0.25) is 9.52 Å². The number of sulfonamides is 1. The highest BCUT2D eigenvalue weighted by Gasteiger charge is 2.21. The molecule has 0 radical (unpaired) electrons. The number of carbonyl (C=O) groups is 1. The highest BCUT2D eigenvalue weighted by molar-refractivity contribution is 7.92. The summed E-state index contributed by atoms with van der Waals surface area (Å²) < 4.78 is 43.1. The fraction of sp³-hybridized carbons (Fsp3) is 0.188. The summed E-state index contributed by atoms with van der Waals surface area (Å²) in [4.78, 5) is 11.4. The zero-order valence-electron chi connectivity index (χ0n) is 13.5. The van der Waals surface area contributed by atoms with Crippen molar-refractivity contribution in [3.63, 3.8) is 0 Å². The molecule has 2 N–H and O–H groups in total. The minimum atomic E-state index is -3.86. The smallest absolute Gasteiger partial charge is 0.262 e. The molecular weight excluding hydrogens is 348 g/mol. The van der Waals surface area contributed by atoms with Gasteiger partial charge in [0.05, 0.1) is 30.5 Å². The number of fused-ring (bicyclic) bond motifs is 1. The van der Waals surface area contributed by atoms with Crippen LogP contribution in [0.15, 0.2) is 41.3 Å². The Balaban J connectivity index is 1.90. The topological polar surface area (TPSA) is 103 Å². The standard InChI is InChI=1S/C16H16N2O6S/c1-22-14-5-3-10(7-15(14)23-2)18-25(20,21)11-4-6-13-12(8-11)17-16(19)9-24-13/h3-8,18H,9H2,1-2H3,(H,17,19). The molecule has 0 atom stereocenters. The molecule has 1 aliphatic heterocycles. The summed E-state index contributed by atoms with van der Waals surface area (Å²) in [6, 6.07) is 8.91. The molecule has 132 valence electrons. The maximum absolute atomic E-state index is 12.6. The van der Waals surface area contributed by atoms with Crippen LogP contribution in [0.4, 0.5) is 11.4 Å². The number of hydrogen-bond acceptors (Lipinski definition) is 6. The molecule has 0 saturated carbocycles. The summed E-state index contributed by atoms with van der Waals surface area (Å²) in [6.45, 7) is -0.0943. The van der Waals surface area contributed by atoms with Gasteiger partial charge >= 0.3 is 0 Å². The molecule has 8 nitrogen and oxygen atoms in total. The van der Waals surface area contributed by atoms with Gasteiger partial charge in [-0.2, -0.15) is 0 Å². The maximum atomic E-state index is 12.6. The van der Waals surface area contributed by atoms with Gasteiger partial charge in [0, 0.05) is 6.07 Å². The molecule has 25 heavy (non-hydrogen) atoms. The van der Waals surface area contributed by atoms with E-state index in [0.29, 0.717) is 28.6 Å². The summed E-state index contributed by atoms with van der Waals surface area (Å²) in [5.41, 5.74) is 0.627. The average Bonchev–Trinajstić information content (AvgIpc) is 2.60. The van der Waals surface area contributed by atoms with Crippen LogP contribution in [0.3, 0.4) is 0 Å². The van der Waals surface area contributed by atoms with E-state index in [9.17, 15) is 13.2 Å². The van der Waals surface area contributed by atoms with Crippen LogP contribution < -0.4 is 24.2 Å². The molecule has 0 aliphatic carbocycles. The van der Waals surface area contributed by atoms with Gasteiger partial charge in [0.15, 0.2) is 18.1 Å². The molecule has 0 fully saturated rings. The lowest BCUT2D eigenvalue weighted by Crippen LogP contribution is -2.25. The van der Waals surface area contributed by atoms with Gasteiger partial charge in [0.2, 0.25) is 0 Å². The largest absolute Gasteiger partial charge is 0.493 e. The lowest BCUT2D eigenvalue weighted by atomic mass is 10.2. The monoisotopic (exact) mass is 364 g/mol. The molecule has 0 saturated heterocycles. The molecule has 0 spiro atoms. The molecule has 0 aromatic heterocycles. The summed E-state index contributed by atoms with van der Waals surface area (Å²) in [7, 11) is -0.910. The molecule has 1 heterocycles. The summed E-state index contributed by atoms with van der Waals surface area (Å²) >= 11 is 0. The van der Waals surface area contributed by atoms with Gasteiger partial charge in [-0.1, -0.05) is 0 Å². The normalized spacial score (nSPS) is 13.3. The van der Waals surface area contributed by atoms with Crippen LogP contribution in [0.25, 0.3) is 0 Å². The first-order valence-corrected chi connectivity index (χ1v) is 8.73. The molecule has 9 heteroatoms. The van der Waals surface area contributed by atoms with Gasteiger partial charge in [-0.15, -0.1) is 0 Å². The number of nitrogens with one attached hydrogen (secondary N) is 2. The van der Waals surface area contributed by atoms with E-state index in [1.165, 1.54) is 38.5 Å². The Bertz CT molecular complexity index is 926. The van der Waals surface area contributed by atoms with E-state index >= 15 is 0 Å². The van der Waals surface area contributed by atoms with Crippen LogP contribution in [0.2, 0.25) is 0 Å². The first-order valence-electron chi connectivity index (χ1n) is 7.24. The van der Waals surface area contributed by atoms with Gasteiger partial charge in [0.25, 0.3) is 15.9 Å². The zero-order valence-corrected chi connectivity index (χ0v) is 14.3. The molecule has 2 aromatic carbocycles. The van der Waals surface area contributed by atoms with Gasteiger partial charge < -0.3 is 19.5 Å². The highest BCUT2D eigenvalue weighted by Crippen LogP contribution is 2.33. The summed E-state index contributed by atoms with van der Waals surface area (Å²) in [6.07, 6.45) is 0. The van der Waals surface area contributed by atoms with E-state index in [1.54, 1.807) is 12.1 Å². The van der Waals surface area contributed by atoms with Crippen LogP contribution in [0.1, 0.15) is 0 Å². The molecule has 3 rings (SSSR count). The number of ether oxygens (including phenoxy) is 3. The van der Waals surface area contributed by atoms with Crippen LogP contribution in [-0.4, -0.2) is 35.2 Å². The third-order valence-corrected chi connectivity index (χ3v) is 4.91. The lowest BCUT2D eigenvalue weighted by Gasteiger charge is -2.18. The summed E-state index contributed by atoms with van der Waals surface area (Å²) in [5.74, 6) is 0.965. The predicted octanol–water partition coefficient (Wildman–Crippen LogP) is 1.84. The maximum Gasteiger partial charge on any atom is 0.262 e. The van der Waals surface area contributed by atoms with Crippen molar-refractivity contribution >= 4 is 27.3 Å². The number of hydrogen-bond donors (Lipinski definition) is 2. The van der Waals surface area contributed by atoms with Gasteiger partial charge in [0.1, 0.15) is 5.75 Å². The number of anilines is 2. The number of methoxy groups -OCH3 is 2. The van der Waals surface area contributed by atoms with Crippen LogP contribution in [0, 0.1) is 0 Å². The minimum Gasteiger partial charge on any atom is -0.493 e. The zero-order chi connectivity index (χ0) is 18.0. The number of carbonyl (C=O) groups excluding carboxylic acids is 1. The lowest BCUT2D eigenvalue weighted by molar-refractivity contribution is -0.118. The Morgan fingerprint density at radius 2 is 1.84 bits per heavy atom. The number of benzene rings is 2. The summed E-state index contributed by atoms with van der Waals surface area (Å²) in [5, 5.41) is 2.58. The van der Waals surface area contributed by atoms with Crippen molar-refractivity contribution in [1.29, 1.82) is 0 Å². The predicted molar refractivity (Wildman–Crippen MR) is 90.9 cm³/mol. The van der Waals surface area contributed by atoms with E-state index < -0.39 is 10.0 Å². The second-order valence-electron chi connectivity index (χ2n) is 5.17. The quantitative estimate of drug-likeness (QED) is 0.839. The van der Waals surface area contributed by atoms with Crippen LogP contribution in [0.5, 0.6) is 17.2 Å². The molecule has 0 bridgehead atoms. The Hall–Kier alpha value is -2.94. The molecular formula is C16H16N2O6S. The van der Waals surface area contributed by atoms with E-state index in [1.807, 2.05) is 0 Å². The van der Waals surface area contributed by atoms with Crippen molar-refractivity contribution in [3.05, 3.63) is 36.4 Å². The molecule has 0 unspecified atom stereocenters. The van der Waals surface area contributed by atoms with Crippen molar-refractivity contribution in [3.8, 4) is 17.2 Å². The van der Waals surface area contributed by atoms with E-state index in [2.05, 4.69) is 10.0 Å². The molecule has 1 aliphatic rings. The Morgan fingerprint density at radius 3 is 2.56 bits per heavy atom. The number of amides is 1. The Morgan fingerprint density at radius 1 is 1.08 bits per heavy atom. The third-order valence-electron chi connectivity index (χ3n) is 3.53. The average molecular weight is 364 g/mol. The SMILES string of the molecule is COc1ccc(NS(=O)(=O)c2ccc3c(c2)NC(=O)CO3)cc1OC. The fourth-order valence-electron chi connectivity index (χ4n) is 2.34. The first-order chi connectivity index (χ1) is 11.9. The van der Waals surface area contributed by atoms with E-state index in [4.69, 9.17) is 14.2 Å². The van der Waals surface area contributed by atoms with Crippen molar-refractivity contribution in [2.45, 2.75) is 4.90 Å². The second-order valence-corrected chi connectivity index (χ2v) is 6.85. The highest BCUT2D eigenvalue weighted by atomic mass is 32.2. The Labute approximate surface area is 144 Å². The third kappa shape index (κ3) is 3.45. The van der Waals surface area contributed by atoms with Crippen molar-refractivity contribution in [1.82, 2.24) is 0 Å². The molecule has 2 aromatic rings. The van der Waals surface area contributed by atoms with Crippen LogP contribution in [-0.2, 0) is 14.8 Å². The second kappa shape index (κ2) is 6.52. The van der Waals surface area contributed by atoms with Crippen molar-refractivity contribution in [2.75, 3.05) is 30.9 Å². The van der Waals surface area contributed by atoms with Crippen molar-refractivity contribution in [2.24, 2.45) is 0 Å². The molecule has 1 amide bonds. The first kappa shape index (κ1) is 16.9. The van der Waals surface area contributed by atoms with Gasteiger partial charge in [-0.25, -0.2) is 8.42 Å². The number of rotatable bonds is 5.